The van der Waals surface area contributed by atoms with E-state index >= 15 is 0 Å². The molecule has 3 heteroatoms. The van der Waals surface area contributed by atoms with Gasteiger partial charge in [0.15, 0.2) is 0 Å². The van der Waals surface area contributed by atoms with Crippen LogP contribution in [0, 0.1) is 0 Å². The van der Waals surface area contributed by atoms with Crippen molar-refractivity contribution in [2.45, 2.75) is 12.8 Å². The highest BCUT2D eigenvalue weighted by Crippen LogP contribution is 2.16. The summed E-state index contributed by atoms with van der Waals surface area (Å²) in [5.41, 5.74) is 8.66. The number of pyridine rings is 1. The minimum atomic E-state index is 0.708. The molecule has 0 unspecified atom stereocenters. The van der Waals surface area contributed by atoms with Crippen LogP contribution in [0.3, 0.4) is 0 Å². The molecule has 0 aliphatic carbocycles. The molecule has 1 aliphatic heterocycles. The predicted molar refractivity (Wildman–Crippen MR) is 56.7 cm³/mol. The predicted octanol–water partition coefficient (Wildman–Crippen LogP) is 1.86. The Bertz CT molecular complexity index is 322. The van der Waals surface area contributed by atoms with Crippen molar-refractivity contribution in [3.63, 3.8) is 0 Å². The van der Waals surface area contributed by atoms with E-state index < -0.39 is 0 Å². The molecule has 0 spiro atoms. The molecule has 2 heterocycles. The Morgan fingerprint density at radius 2 is 2.07 bits per heavy atom. The Hall–Kier alpha value is -1.35. The minimum absolute atomic E-state index is 0.708. The standard InChI is InChI=1S/C11H14N2O/c12-10-1-2-11(13-8-10)7-9-3-5-14-6-4-9/h1-2,7-8H,3-6,12H2. The van der Waals surface area contributed by atoms with Crippen LogP contribution in [0.4, 0.5) is 5.69 Å². The summed E-state index contributed by atoms with van der Waals surface area (Å²) in [7, 11) is 0. The Morgan fingerprint density at radius 1 is 1.29 bits per heavy atom. The summed E-state index contributed by atoms with van der Waals surface area (Å²) in [5.74, 6) is 0. The highest BCUT2D eigenvalue weighted by molar-refractivity contribution is 5.51. The molecule has 14 heavy (non-hydrogen) atoms. The number of hydrogen-bond acceptors (Lipinski definition) is 3. The SMILES string of the molecule is Nc1ccc(C=C2CCOCC2)nc1. The maximum Gasteiger partial charge on any atom is 0.0630 e. The number of rotatable bonds is 1. The number of nitrogen functional groups attached to an aromatic ring is 1. The van der Waals surface area contributed by atoms with Crippen molar-refractivity contribution in [3.05, 3.63) is 29.6 Å². The van der Waals surface area contributed by atoms with Crippen LogP contribution in [0.15, 0.2) is 23.9 Å². The number of nitrogens with zero attached hydrogens (tertiary/aromatic N) is 1. The lowest BCUT2D eigenvalue weighted by Gasteiger charge is -2.14. The second-order valence-electron chi connectivity index (χ2n) is 3.43. The lowest BCUT2D eigenvalue weighted by atomic mass is 10.1. The van der Waals surface area contributed by atoms with E-state index in [4.69, 9.17) is 10.5 Å². The molecule has 3 nitrogen and oxygen atoms in total. The van der Waals surface area contributed by atoms with Crippen LogP contribution in [-0.4, -0.2) is 18.2 Å². The first-order chi connectivity index (χ1) is 6.84. The number of hydrogen-bond donors (Lipinski definition) is 1. The van der Waals surface area contributed by atoms with Crippen molar-refractivity contribution in [3.8, 4) is 0 Å². The normalized spacial score (nSPS) is 16.7. The van der Waals surface area contributed by atoms with E-state index in [1.807, 2.05) is 12.1 Å². The molecular formula is C11H14N2O. The van der Waals surface area contributed by atoms with E-state index in [-0.39, 0.29) is 0 Å². The van der Waals surface area contributed by atoms with Gasteiger partial charge in [0.2, 0.25) is 0 Å². The number of ether oxygens (including phenoxy) is 1. The zero-order valence-corrected chi connectivity index (χ0v) is 8.07. The zero-order chi connectivity index (χ0) is 9.80. The van der Waals surface area contributed by atoms with Gasteiger partial charge in [-0.1, -0.05) is 5.57 Å². The lowest BCUT2D eigenvalue weighted by Crippen LogP contribution is -2.07. The highest BCUT2D eigenvalue weighted by atomic mass is 16.5. The van der Waals surface area contributed by atoms with E-state index in [1.54, 1.807) is 6.20 Å². The van der Waals surface area contributed by atoms with Crippen LogP contribution in [-0.2, 0) is 4.74 Å². The summed E-state index contributed by atoms with van der Waals surface area (Å²) in [6, 6.07) is 3.82. The zero-order valence-electron chi connectivity index (χ0n) is 8.07. The molecule has 0 saturated carbocycles. The quantitative estimate of drug-likeness (QED) is 0.735. The van der Waals surface area contributed by atoms with E-state index in [0.717, 1.165) is 31.7 Å². The first kappa shape index (κ1) is 9.21. The van der Waals surface area contributed by atoms with Gasteiger partial charge in [-0.05, 0) is 31.1 Å². The van der Waals surface area contributed by atoms with Crippen molar-refractivity contribution in [1.82, 2.24) is 4.98 Å². The monoisotopic (exact) mass is 190 g/mol. The minimum Gasteiger partial charge on any atom is -0.397 e. The maximum absolute atomic E-state index is 5.56. The summed E-state index contributed by atoms with van der Waals surface area (Å²) in [4.78, 5) is 4.23. The second kappa shape index (κ2) is 4.24. The first-order valence-electron chi connectivity index (χ1n) is 4.83. The highest BCUT2D eigenvalue weighted by Gasteiger charge is 2.05. The smallest absolute Gasteiger partial charge is 0.0630 e. The largest absolute Gasteiger partial charge is 0.397 e. The molecule has 0 radical (unpaired) electrons. The molecule has 0 atom stereocenters. The molecule has 1 aromatic heterocycles. The van der Waals surface area contributed by atoms with Crippen LogP contribution in [0.1, 0.15) is 18.5 Å². The molecule has 2 N–H and O–H groups in total. The van der Waals surface area contributed by atoms with E-state index in [9.17, 15) is 0 Å². The second-order valence-corrected chi connectivity index (χ2v) is 3.43. The van der Waals surface area contributed by atoms with Gasteiger partial charge >= 0.3 is 0 Å². The fraction of sp³-hybridized carbons (Fsp3) is 0.364. The van der Waals surface area contributed by atoms with Gasteiger partial charge in [0.25, 0.3) is 0 Å². The molecule has 0 aromatic carbocycles. The van der Waals surface area contributed by atoms with Crippen LogP contribution >= 0.6 is 0 Å². The summed E-state index contributed by atoms with van der Waals surface area (Å²) < 4.78 is 5.28. The van der Waals surface area contributed by atoms with Gasteiger partial charge in [0.1, 0.15) is 0 Å². The summed E-state index contributed by atoms with van der Waals surface area (Å²) in [6.45, 7) is 1.67. The summed E-state index contributed by atoms with van der Waals surface area (Å²) in [6.07, 6.45) is 5.85. The fourth-order valence-corrected chi connectivity index (χ4v) is 1.49. The average Bonchev–Trinajstić information content (AvgIpc) is 2.23. The van der Waals surface area contributed by atoms with Gasteiger partial charge in [-0.25, -0.2) is 0 Å². The number of nitrogens with two attached hydrogens (primary N) is 1. The third-order valence-electron chi connectivity index (χ3n) is 2.30. The van der Waals surface area contributed by atoms with Gasteiger partial charge < -0.3 is 10.5 Å². The molecule has 0 amide bonds. The Kier molecular flexibility index (Phi) is 2.79. The number of anilines is 1. The molecule has 1 fully saturated rings. The van der Waals surface area contributed by atoms with Gasteiger partial charge in [0, 0.05) is 0 Å². The third kappa shape index (κ3) is 2.33. The molecule has 1 saturated heterocycles. The molecule has 1 aliphatic rings. The average molecular weight is 190 g/mol. The van der Waals surface area contributed by atoms with Crippen molar-refractivity contribution < 1.29 is 4.74 Å². The molecule has 0 bridgehead atoms. The topological polar surface area (TPSA) is 48.1 Å². The van der Waals surface area contributed by atoms with E-state index in [0.29, 0.717) is 5.69 Å². The van der Waals surface area contributed by atoms with Crippen LogP contribution in [0.25, 0.3) is 6.08 Å². The van der Waals surface area contributed by atoms with E-state index in [1.165, 1.54) is 5.57 Å². The van der Waals surface area contributed by atoms with Crippen molar-refractivity contribution in [2.24, 2.45) is 0 Å². The lowest BCUT2D eigenvalue weighted by molar-refractivity contribution is 0.119. The molecular weight excluding hydrogens is 176 g/mol. The summed E-state index contributed by atoms with van der Waals surface area (Å²) in [5, 5.41) is 0. The first-order valence-corrected chi connectivity index (χ1v) is 4.83. The number of aromatic nitrogens is 1. The van der Waals surface area contributed by atoms with Gasteiger partial charge in [0.05, 0.1) is 30.8 Å². The molecule has 2 rings (SSSR count). The van der Waals surface area contributed by atoms with Crippen molar-refractivity contribution >= 4 is 11.8 Å². The van der Waals surface area contributed by atoms with Crippen LogP contribution in [0.5, 0.6) is 0 Å². The van der Waals surface area contributed by atoms with Crippen molar-refractivity contribution in [2.75, 3.05) is 18.9 Å². The van der Waals surface area contributed by atoms with Crippen molar-refractivity contribution in [1.29, 1.82) is 0 Å². The van der Waals surface area contributed by atoms with Gasteiger partial charge in [-0.2, -0.15) is 0 Å². The van der Waals surface area contributed by atoms with Gasteiger partial charge in [-0.15, -0.1) is 0 Å². The van der Waals surface area contributed by atoms with E-state index in [2.05, 4.69) is 11.1 Å². The fourth-order valence-electron chi connectivity index (χ4n) is 1.49. The third-order valence-corrected chi connectivity index (χ3v) is 2.30. The van der Waals surface area contributed by atoms with Crippen LogP contribution < -0.4 is 5.73 Å². The Labute approximate surface area is 83.6 Å². The Morgan fingerprint density at radius 3 is 2.71 bits per heavy atom. The van der Waals surface area contributed by atoms with Crippen LogP contribution in [0.2, 0.25) is 0 Å². The molecule has 74 valence electrons. The molecule has 1 aromatic rings. The maximum atomic E-state index is 5.56. The summed E-state index contributed by atoms with van der Waals surface area (Å²) >= 11 is 0. The van der Waals surface area contributed by atoms with Gasteiger partial charge in [-0.3, -0.25) is 4.98 Å². The Balaban J connectivity index is 2.11.